The van der Waals surface area contributed by atoms with Gasteiger partial charge in [-0.2, -0.15) is 0 Å². The van der Waals surface area contributed by atoms with E-state index in [1.165, 1.54) is 0 Å². The van der Waals surface area contributed by atoms with E-state index in [1.54, 1.807) is 0 Å². The average Bonchev–Trinajstić information content (AvgIpc) is 3.02. The van der Waals surface area contributed by atoms with Crippen LogP contribution in [0.2, 0.25) is 0 Å². The zero-order chi connectivity index (χ0) is 14.4. The third-order valence-electron chi connectivity index (χ3n) is 4.33. The lowest BCUT2D eigenvalue weighted by Gasteiger charge is -2.21. The summed E-state index contributed by atoms with van der Waals surface area (Å²) in [6.45, 7) is 10.0. The highest BCUT2D eigenvalue weighted by Crippen LogP contribution is 2.36. The van der Waals surface area contributed by atoms with E-state index < -0.39 is 0 Å². The van der Waals surface area contributed by atoms with Crippen LogP contribution in [0.4, 0.5) is 0 Å². The van der Waals surface area contributed by atoms with Crippen LogP contribution >= 0.6 is 0 Å². The van der Waals surface area contributed by atoms with Crippen molar-refractivity contribution < 1.29 is 4.79 Å². The van der Waals surface area contributed by atoms with Gasteiger partial charge in [-0.1, -0.05) is 5.21 Å². The molecule has 0 bridgehead atoms. The van der Waals surface area contributed by atoms with Gasteiger partial charge in [0.1, 0.15) is 0 Å². The predicted molar refractivity (Wildman–Crippen MR) is 75.0 cm³/mol. The van der Waals surface area contributed by atoms with Gasteiger partial charge in [0.2, 0.25) is 5.91 Å². The van der Waals surface area contributed by atoms with Gasteiger partial charge in [0.15, 0.2) is 0 Å². The SMILES string of the molecule is CC(C)(C)n1cc(CN2CCC3(CNC(=O)C3)C2)nn1. The van der Waals surface area contributed by atoms with Crippen molar-refractivity contribution in [2.24, 2.45) is 5.41 Å². The van der Waals surface area contributed by atoms with E-state index in [4.69, 9.17) is 0 Å². The summed E-state index contributed by atoms with van der Waals surface area (Å²) in [5, 5.41) is 11.4. The molecule has 2 saturated heterocycles. The summed E-state index contributed by atoms with van der Waals surface area (Å²) in [6.07, 6.45) is 3.81. The first-order chi connectivity index (χ1) is 9.36. The molecule has 1 aromatic rings. The monoisotopic (exact) mass is 277 g/mol. The molecule has 1 unspecified atom stereocenters. The minimum atomic E-state index is -0.0285. The number of hydrogen-bond acceptors (Lipinski definition) is 4. The van der Waals surface area contributed by atoms with Gasteiger partial charge in [0.25, 0.3) is 0 Å². The zero-order valence-corrected chi connectivity index (χ0v) is 12.5. The Balaban J connectivity index is 1.62. The number of carbonyl (C=O) groups excluding carboxylic acids is 1. The molecule has 2 fully saturated rings. The van der Waals surface area contributed by atoms with Crippen molar-refractivity contribution in [3.8, 4) is 0 Å². The quantitative estimate of drug-likeness (QED) is 0.866. The topological polar surface area (TPSA) is 63.0 Å². The minimum absolute atomic E-state index is 0.0285. The Bertz CT molecular complexity index is 518. The van der Waals surface area contributed by atoms with Crippen molar-refractivity contribution in [2.75, 3.05) is 19.6 Å². The highest BCUT2D eigenvalue weighted by atomic mass is 16.1. The molecule has 0 aromatic carbocycles. The fraction of sp³-hybridized carbons (Fsp3) is 0.786. The molecule has 3 rings (SSSR count). The van der Waals surface area contributed by atoms with Gasteiger partial charge in [-0.05, 0) is 33.7 Å². The highest BCUT2D eigenvalue weighted by molar-refractivity contribution is 5.79. The number of carbonyl (C=O) groups is 1. The second kappa shape index (κ2) is 4.55. The maximum atomic E-state index is 11.4. The van der Waals surface area contributed by atoms with Crippen molar-refractivity contribution in [1.82, 2.24) is 25.2 Å². The number of nitrogens with zero attached hydrogens (tertiary/aromatic N) is 4. The Morgan fingerprint density at radius 1 is 1.45 bits per heavy atom. The molecule has 0 saturated carbocycles. The van der Waals surface area contributed by atoms with E-state index in [1.807, 2.05) is 10.9 Å². The van der Waals surface area contributed by atoms with Gasteiger partial charge in [0.05, 0.1) is 17.4 Å². The fourth-order valence-corrected chi connectivity index (χ4v) is 3.13. The fourth-order valence-electron chi connectivity index (χ4n) is 3.13. The summed E-state index contributed by atoms with van der Waals surface area (Å²) in [6, 6.07) is 0. The third-order valence-corrected chi connectivity index (χ3v) is 4.33. The largest absolute Gasteiger partial charge is 0.355 e. The van der Waals surface area contributed by atoms with Gasteiger partial charge < -0.3 is 5.32 Å². The Kier molecular flexibility index (Phi) is 3.08. The standard InChI is InChI=1S/C14H23N5O/c1-13(2,3)19-8-11(16-17-19)7-18-5-4-14(10-18)6-12(20)15-9-14/h8H,4-7,9-10H2,1-3H3,(H,15,20). The first-order valence-electron chi connectivity index (χ1n) is 7.27. The Labute approximate surface area is 119 Å². The molecule has 3 heterocycles. The molecule has 0 radical (unpaired) electrons. The molecule has 110 valence electrons. The van der Waals surface area contributed by atoms with Crippen molar-refractivity contribution >= 4 is 5.91 Å². The third kappa shape index (κ3) is 2.57. The number of rotatable bonds is 2. The second-order valence-electron chi connectivity index (χ2n) is 7.24. The van der Waals surface area contributed by atoms with E-state index >= 15 is 0 Å². The van der Waals surface area contributed by atoms with Crippen molar-refractivity contribution in [1.29, 1.82) is 0 Å². The van der Waals surface area contributed by atoms with E-state index in [9.17, 15) is 4.79 Å². The molecule has 2 aliphatic heterocycles. The van der Waals surface area contributed by atoms with Crippen LogP contribution in [-0.2, 0) is 16.9 Å². The van der Waals surface area contributed by atoms with Gasteiger partial charge in [-0.15, -0.1) is 5.10 Å². The summed E-state index contributed by atoms with van der Waals surface area (Å²) in [4.78, 5) is 13.8. The van der Waals surface area contributed by atoms with Gasteiger partial charge in [0, 0.05) is 31.5 Å². The second-order valence-corrected chi connectivity index (χ2v) is 7.24. The van der Waals surface area contributed by atoms with Crippen LogP contribution in [-0.4, -0.2) is 45.4 Å². The van der Waals surface area contributed by atoms with Crippen LogP contribution in [0.3, 0.4) is 0 Å². The first kappa shape index (κ1) is 13.5. The normalized spacial score (nSPS) is 27.4. The summed E-state index contributed by atoms with van der Waals surface area (Å²) < 4.78 is 1.91. The van der Waals surface area contributed by atoms with E-state index in [-0.39, 0.29) is 16.9 Å². The van der Waals surface area contributed by atoms with Gasteiger partial charge >= 0.3 is 0 Å². The Morgan fingerprint density at radius 2 is 2.25 bits per heavy atom. The molecule has 1 aromatic heterocycles. The van der Waals surface area contributed by atoms with Crippen LogP contribution in [0.1, 0.15) is 39.3 Å². The van der Waals surface area contributed by atoms with E-state index in [0.29, 0.717) is 6.42 Å². The van der Waals surface area contributed by atoms with E-state index in [0.717, 1.165) is 38.3 Å². The van der Waals surface area contributed by atoms with Crippen LogP contribution in [0.25, 0.3) is 0 Å². The molecule has 0 aliphatic carbocycles. The van der Waals surface area contributed by atoms with Gasteiger partial charge in [-0.3, -0.25) is 9.69 Å². The average molecular weight is 277 g/mol. The summed E-state index contributed by atoms with van der Waals surface area (Å²) in [5.74, 6) is 0.200. The molecule has 6 nitrogen and oxygen atoms in total. The first-order valence-corrected chi connectivity index (χ1v) is 7.27. The Hall–Kier alpha value is -1.43. The number of nitrogens with one attached hydrogen (secondary N) is 1. The van der Waals surface area contributed by atoms with Crippen LogP contribution in [0.15, 0.2) is 6.20 Å². The Morgan fingerprint density at radius 3 is 2.85 bits per heavy atom. The van der Waals surface area contributed by atoms with Crippen molar-refractivity contribution in [3.63, 3.8) is 0 Å². The summed E-state index contributed by atoms with van der Waals surface area (Å²) in [5.41, 5.74) is 1.14. The van der Waals surface area contributed by atoms with Crippen molar-refractivity contribution in [3.05, 3.63) is 11.9 Å². The van der Waals surface area contributed by atoms with E-state index in [2.05, 4.69) is 41.3 Å². The van der Waals surface area contributed by atoms with Crippen LogP contribution in [0, 0.1) is 5.41 Å². The van der Waals surface area contributed by atoms with Crippen LogP contribution < -0.4 is 5.32 Å². The molecule has 1 amide bonds. The predicted octanol–water partition coefficient (Wildman–Crippen LogP) is 0.745. The lowest BCUT2D eigenvalue weighted by Crippen LogP contribution is -2.29. The molecule has 6 heteroatoms. The lowest BCUT2D eigenvalue weighted by molar-refractivity contribution is -0.119. The molecular formula is C14H23N5O. The van der Waals surface area contributed by atoms with Crippen LogP contribution in [0.5, 0.6) is 0 Å². The number of hydrogen-bond donors (Lipinski definition) is 1. The van der Waals surface area contributed by atoms with Crippen molar-refractivity contribution in [2.45, 2.75) is 45.7 Å². The summed E-state index contributed by atoms with van der Waals surface area (Å²) in [7, 11) is 0. The molecule has 2 aliphatic rings. The summed E-state index contributed by atoms with van der Waals surface area (Å²) >= 11 is 0. The zero-order valence-electron chi connectivity index (χ0n) is 12.5. The molecule has 20 heavy (non-hydrogen) atoms. The number of aromatic nitrogens is 3. The maximum Gasteiger partial charge on any atom is 0.220 e. The smallest absolute Gasteiger partial charge is 0.220 e. The molecule has 1 N–H and O–H groups in total. The number of amides is 1. The molecule has 1 atom stereocenters. The number of likely N-dealkylation sites (tertiary alicyclic amines) is 1. The molecular weight excluding hydrogens is 254 g/mol. The molecule has 1 spiro atoms. The van der Waals surface area contributed by atoms with Gasteiger partial charge in [-0.25, -0.2) is 4.68 Å². The lowest BCUT2D eigenvalue weighted by atomic mass is 9.86. The maximum absolute atomic E-state index is 11.4. The minimum Gasteiger partial charge on any atom is -0.355 e. The highest BCUT2D eigenvalue weighted by Gasteiger charge is 2.43.